The van der Waals surface area contributed by atoms with Crippen LogP contribution >= 0.6 is 11.8 Å². The molecule has 136 valence electrons. The molecule has 7 nitrogen and oxygen atoms in total. The Bertz CT molecular complexity index is 805. The van der Waals surface area contributed by atoms with Gasteiger partial charge in [0.05, 0.1) is 21.9 Å². The van der Waals surface area contributed by atoms with Gasteiger partial charge < -0.3 is 5.11 Å². The van der Waals surface area contributed by atoms with Gasteiger partial charge in [0, 0.05) is 12.3 Å². The predicted octanol–water partition coefficient (Wildman–Crippen LogP) is 0.734. The highest BCUT2D eigenvalue weighted by molar-refractivity contribution is 7.99. The fourth-order valence-corrected chi connectivity index (χ4v) is 5.11. The minimum Gasteiger partial charge on any atom is -0.388 e. The summed E-state index contributed by atoms with van der Waals surface area (Å²) in [6.07, 6.45) is 0.478. The van der Waals surface area contributed by atoms with Crippen molar-refractivity contribution in [1.29, 1.82) is 0 Å². The average molecular weight is 399 g/mol. The molecule has 0 spiro atoms. The van der Waals surface area contributed by atoms with Gasteiger partial charge in [-0.3, -0.25) is 4.72 Å². The Hall–Kier alpha value is -0.880. The van der Waals surface area contributed by atoms with Crippen LogP contribution in [0.25, 0.3) is 0 Å². The molecule has 1 heterocycles. The first kappa shape index (κ1) is 19.4. The smallest absolute Gasteiger partial charge is 0.240 e. The quantitative estimate of drug-likeness (QED) is 0.624. The molecule has 0 aromatic heterocycles. The summed E-state index contributed by atoms with van der Waals surface area (Å²) in [5.41, 5.74) is -1.42. The minimum atomic E-state index is -4.01. The second-order valence-corrected chi connectivity index (χ2v) is 10.4. The van der Waals surface area contributed by atoms with Gasteiger partial charge >= 0.3 is 0 Å². The summed E-state index contributed by atoms with van der Waals surface area (Å²) < 4.78 is 65.6. The van der Waals surface area contributed by atoms with Gasteiger partial charge in [0.2, 0.25) is 20.0 Å². The maximum Gasteiger partial charge on any atom is 0.240 e. The van der Waals surface area contributed by atoms with Gasteiger partial charge in [-0.25, -0.2) is 25.9 Å². The van der Waals surface area contributed by atoms with Gasteiger partial charge in [-0.1, -0.05) is 0 Å². The summed E-state index contributed by atoms with van der Waals surface area (Å²) in [6.45, 7) is 1.24. The molecule has 0 bridgehead atoms. The standard InChI is InChI=1S/C13H19FN2O5S3/c1-2-23(18,19)16-12-4-3-10(7-11(12)14)24(20,21)15-8-13(17)5-6-22-9-13/h3-4,7,15-17H,2,5-6,8-9H2,1H3. The van der Waals surface area contributed by atoms with Crippen molar-refractivity contribution in [3.63, 3.8) is 0 Å². The van der Waals surface area contributed by atoms with E-state index in [-0.39, 0.29) is 22.9 Å². The molecule has 0 amide bonds. The molecule has 24 heavy (non-hydrogen) atoms. The Morgan fingerprint density at radius 3 is 2.58 bits per heavy atom. The normalized spacial score (nSPS) is 21.8. The van der Waals surface area contributed by atoms with Gasteiger partial charge in [0.25, 0.3) is 0 Å². The molecule has 1 aliphatic heterocycles. The van der Waals surface area contributed by atoms with Crippen LogP contribution in [0.2, 0.25) is 0 Å². The fraction of sp³-hybridized carbons (Fsp3) is 0.538. The predicted molar refractivity (Wildman–Crippen MR) is 91.6 cm³/mol. The van der Waals surface area contributed by atoms with E-state index in [1.807, 2.05) is 4.72 Å². The number of hydrogen-bond acceptors (Lipinski definition) is 6. The van der Waals surface area contributed by atoms with Gasteiger partial charge in [-0.05, 0) is 37.3 Å². The number of halogens is 1. The second-order valence-electron chi connectivity index (χ2n) is 5.50. The number of thioether (sulfide) groups is 1. The molecule has 1 saturated heterocycles. The number of rotatable bonds is 7. The summed E-state index contributed by atoms with van der Waals surface area (Å²) in [6, 6.07) is 2.90. The molecule has 1 unspecified atom stereocenters. The van der Waals surface area contributed by atoms with E-state index in [1.165, 1.54) is 18.7 Å². The summed E-state index contributed by atoms with van der Waals surface area (Å²) in [7, 11) is -7.67. The topological polar surface area (TPSA) is 113 Å². The SMILES string of the molecule is CCS(=O)(=O)Nc1ccc(S(=O)(=O)NCC2(O)CCSC2)cc1F. The Labute approximate surface area is 145 Å². The largest absolute Gasteiger partial charge is 0.388 e. The lowest BCUT2D eigenvalue weighted by Gasteiger charge is -2.21. The maximum atomic E-state index is 14.0. The first-order valence-corrected chi connectivity index (χ1v) is 11.5. The van der Waals surface area contributed by atoms with Crippen LogP contribution in [-0.4, -0.2) is 51.3 Å². The number of hydrogen-bond donors (Lipinski definition) is 3. The third-order valence-electron chi connectivity index (χ3n) is 3.57. The van der Waals surface area contributed by atoms with E-state index in [0.29, 0.717) is 12.2 Å². The number of benzene rings is 1. The van der Waals surface area contributed by atoms with Crippen LogP contribution in [-0.2, 0) is 20.0 Å². The minimum absolute atomic E-state index is 0.159. The highest BCUT2D eigenvalue weighted by Crippen LogP contribution is 2.27. The highest BCUT2D eigenvalue weighted by atomic mass is 32.2. The molecule has 1 fully saturated rings. The van der Waals surface area contributed by atoms with Crippen molar-refractivity contribution in [2.75, 3.05) is 28.5 Å². The number of aliphatic hydroxyl groups is 1. The van der Waals surface area contributed by atoms with E-state index in [1.54, 1.807) is 0 Å². The van der Waals surface area contributed by atoms with E-state index in [4.69, 9.17) is 0 Å². The van der Waals surface area contributed by atoms with Crippen molar-refractivity contribution in [3.8, 4) is 0 Å². The van der Waals surface area contributed by atoms with Crippen molar-refractivity contribution in [3.05, 3.63) is 24.0 Å². The molecule has 0 aliphatic carbocycles. The van der Waals surface area contributed by atoms with E-state index in [0.717, 1.165) is 24.0 Å². The van der Waals surface area contributed by atoms with Crippen molar-refractivity contribution >= 4 is 37.5 Å². The van der Waals surface area contributed by atoms with Crippen molar-refractivity contribution < 1.29 is 26.3 Å². The highest BCUT2D eigenvalue weighted by Gasteiger charge is 2.33. The monoisotopic (exact) mass is 398 g/mol. The Morgan fingerprint density at radius 1 is 1.33 bits per heavy atom. The summed E-state index contributed by atoms with van der Waals surface area (Å²) in [5, 5.41) is 10.2. The Morgan fingerprint density at radius 2 is 2.04 bits per heavy atom. The van der Waals surface area contributed by atoms with Crippen LogP contribution in [0.4, 0.5) is 10.1 Å². The number of nitrogens with one attached hydrogen (secondary N) is 2. The second kappa shape index (κ2) is 7.16. The van der Waals surface area contributed by atoms with Gasteiger partial charge in [-0.2, -0.15) is 11.8 Å². The molecule has 3 N–H and O–H groups in total. The molecule has 2 rings (SSSR count). The summed E-state index contributed by atoms with van der Waals surface area (Å²) in [4.78, 5) is -0.339. The van der Waals surface area contributed by atoms with Crippen LogP contribution in [0.3, 0.4) is 0 Å². The van der Waals surface area contributed by atoms with Crippen LogP contribution in [0, 0.1) is 5.82 Å². The maximum absolute atomic E-state index is 14.0. The first-order valence-electron chi connectivity index (χ1n) is 7.17. The van der Waals surface area contributed by atoms with Crippen LogP contribution in [0.1, 0.15) is 13.3 Å². The number of anilines is 1. The van der Waals surface area contributed by atoms with Crippen molar-refractivity contribution in [2.24, 2.45) is 0 Å². The summed E-state index contributed by atoms with van der Waals surface area (Å²) >= 11 is 1.53. The van der Waals surface area contributed by atoms with Crippen LogP contribution in [0.15, 0.2) is 23.1 Å². The van der Waals surface area contributed by atoms with Crippen LogP contribution < -0.4 is 9.44 Å². The zero-order chi connectivity index (χ0) is 18.0. The van der Waals surface area contributed by atoms with E-state index >= 15 is 0 Å². The van der Waals surface area contributed by atoms with Crippen LogP contribution in [0.5, 0.6) is 0 Å². The zero-order valence-electron chi connectivity index (χ0n) is 13.0. The van der Waals surface area contributed by atoms with Gasteiger partial charge in [0.1, 0.15) is 5.82 Å². The van der Waals surface area contributed by atoms with Crippen molar-refractivity contribution in [2.45, 2.75) is 23.8 Å². The molecule has 0 saturated carbocycles. The molecule has 1 aromatic rings. The lowest BCUT2D eigenvalue weighted by molar-refractivity contribution is 0.0734. The molecular formula is C13H19FN2O5S3. The molecule has 0 radical (unpaired) electrons. The van der Waals surface area contributed by atoms with E-state index in [9.17, 15) is 26.3 Å². The average Bonchev–Trinajstić information content (AvgIpc) is 2.95. The van der Waals surface area contributed by atoms with Gasteiger partial charge in [0.15, 0.2) is 0 Å². The lowest BCUT2D eigenvalue weighted by Crippen LogP contribution is -2.42. The molecule has 11 heteroatoms. The summed E-state index contributed by atoms with van der Waals surface area (Å²) in [5.74, 6) is -0.0456. The van der Waals surface area contributed by atoms with E-state index < -0.39 is 31.5 Å². The Kier molecular flexibility index (Phi) is 5.80. The Balaban J connectivity index is 2.14. The molecule has 1 atom stereocenters. The molecule has 1 aliphatic rings. The van der Waals surface area contributed by atoms with Crippen molar-refractivity contribution in [1.82, 2.24) is 4.72 Å². The van der Waals surface area contributed by atoms with Gasteiger partial charge in [-0.15, -0.1) is 0 Å². The first-order chi connectivity index (χ1) is 11.1. The number of sulfonamides is 2. The fourth-order valence-electron chi connectivity index (χ4n) is 2.03. The lowest BCUT2D eigenvalue weighted by atomic mass is 10.1. The van der Waals surface area contributed by atoms with E-state index in [2.05, 4.69) is 4.72 Å². The zero-order valence-corrected chi connectivity index (χ0v) is 15.4. The third kappa shape index (κ3) is 4.82. The third-order valence-corrected chi connectivity index (χ3v) is 7.49. The molecular weight excluding hydrogens is 379 g/mol. The molecule has 1 aromatic carbocycles.